The van der Waals surface area contributed by atoms with Crippen molar-refractivity contribution in [2.45, 2.75) is 24.0 Å². The summed E-state index contributed by atoms with van der Waals surface area (Å²) in [5.41, 5.74) is 0.332. The summed E-state index contributed by atoms with van der Waals surface area (Å²) in [6, 6.07) is 2.18. The summed E-state index contributed by atoms with van der Waals surface area (Å²) in [5.74, 6) is 1.17. The zero-order valence-corrected chi connectivity index (χ0v) is 12.8. The Morgan fingerprint density at radius 2 is 2.33 bits per heavy atom. The Balaban J connectivity index is 1.34. The number of nitrogens with one attached hydrogen (secondary N) is 1. The molecule has 21 heavy (non-hydrogen) atoms. The van der Waals surface area contributed by atoms with Crippen LogP contribution in [0.3, 0.4) is 0 Å². The molecule has 3 aliphatic heterocycles. The number of aliphatic imine (C=N–C) groups is 1. The molecule has 1 aliphatic carbocycles. The third kappa shape index (κ3) is 1.57. The molecule has 7 heteroatoms. The molecule has 0 amide bonds. The maximum atomic E-state index is 6.19. The molecule has 1 aromatic rings. The van der Waals surface area contributed by atoms with Gasteiger partial charge in [0.1, 0.15) is 5.60 Å². The molecule has 0 bridgehead atoms. The summed E-state index contributed by atoms with van der Waals surface area (Å²) < 4.78 is 6.19. The lowest BCUT2D eigenvalue weighted by atomic mass is 9.98. The third-order valence-corrected chi connectivity index (χ3v) is 5.90. The van der Waals surface area contributed by atoms with Gasteiger partial charge >= 0.3 is 0 Å². The minimum Gasteiger partial charge on any atom is -0.455 e. The quantitative estimate of drug-likeness (QED) is 0.861. The first-order valence-electron chi connectivity index (χ1n) is 7.18. The lowest BCUT2D eigenvalue weighted by Gasteiger charge is -2.39. The molecule has 2 saturated heterocycles. The normalized spacial score (nSPS) is 39.3. The summed E-state index contributed by atoms with van der Waals surface area (Å²) in [6.45, 7) is 2.92. The van der Waals surface area contributed by atoms with Gasteiger partial charge in [0.25, 0.3) is 6.02 Å². The molecule has 2 unspecified atom stereocenters. The van der Waals surface area contributed by atoms with E-state index < -0.39 is 0 Å². The highest BCUT2D eigenvalue weighted by molar-refractivity contribution is 6.36. The zero-order valence-electron chi connectivity index (χ0n) is 11.3. The van der Waals surface area contributed by atoms with Gasteiger partial charge in [0.2, 0.25) is 0 Å². The fraction of sp³-hybridized carbons (Fsp3) is 0.571. The predicted octanol–water partition coefficient (Wildman–Crippen LogP) is 2.40. The summed E-state index contributed by atoms with van der Waals surface area (Å²) in [6.07, 6.45) is 4.13. The van der Waals surface area contributed by atoms with Gasteiger partial charge in [-0.15, -0.1) is 0 Å². The first-order valence-corrected chi connectivity index (χ1v) is 7.94. The van der Waals surface area contributed by atoms with Crippen LogP contribution in [0, 0.1) is 5.92 Å². The van der Waals surface area contributed by atoms with Crippen molar-refractivity contribution in [2.75, 3.05) is 25.0 Å². The van der Waals surface area contributed by atoms with Crippen LogP contribution in [0.2, 0.25) is 10.0 Å². The van der Waals surface area contributed by atoms with Crippen molar-refractivity contribution in [3.05, 3.63) is 22.3 Å². The van der Waals surface area contributed by atoms with Crippen molar-refractivity contribution in [1.29, 1.82) is 0 Å². The molecule has 1 saturated carbocycles. The zero-order chi connectivity index (χ0) is 14.2. The fourth-order valence-electron chi connectivity index (χ4n) is 4.22. The van der Waals surface area contributed by atoms with E-state index in [-0.39, 0.29) is 5.60 Å². The van der Waals surface area contributed by atoms with E-state index in [1.165, 1.54) is 19.4 Å². The number of halogens is 2. The van der Waals surface area contributed by atoms with Crippen molar-refractivity contribution < 1.29 is 4.74 Å². The Bertz CT molecular complexity index is 681. The van der Waals surface area contributed by atoms with Gasteiger partial charge in [-0.05, 0) is 18.9 Å². The molecule has 4 aliphatic rings. The number of anilines is 1. The van der Waals surface area contributed by atoms with Gasteiger partial charge in [-0.25, -0.2) is 9.98 Å². The standard InChI is InChI=1S/C14H14Cl2N4O/c15-8-3-9(16)11(17-5-8)19-12-18-6-14(21-12)7-20-2-1-13(20)4-10(13)14/h3,5,10H,1-2,4,6-7H2,(H,17,18,19)/t10?,13?,14-/m0/s1. The number of fused-ring (bicyclic) bond motifs is 1. The van der Waals surface area contributed by atoms with Crippen molar-refractivity contribution in [3.63, 3.8) is 0 Å². The van der Waals surface area contributed by atoms with Crippen LogP contribution in [-0.4, -0.2) is 46.7 Å². The number of piperidine rings is 1. The number of aromatic nitrogens is 1. The van der Waals surface area contributed by atoms with E-state index in [2.05, 4.69) is 20.2 Å². The molecule has 0 aromatic carbocycles. The van der Waals surface area contributed by atoms with Gasteiger partial charge in [0, 0.05) is 30.7 Å². The number of pyridine rings is 1. The van der Waals surface area contributed by atoms with E-state index in [4.69, 9.17) is 27.9 Å². The molecule has 3 atom stereocenters. The molecule has 0 radical (unpaired) electrons. The van der Waals surface area contributed by atoms with Crippen LogP contribution < -0.4 is 5.32 Å². The summed E-state index contributed by atoms with van der Waals surface area (Å²) >= 11 is 12.0. The SMILES string of the molecule is Clc1cnc(NC2=NC[C@@]3(CN4CCC45CC53)O2)c(Cl)c1. The van der Waals surface area contributed by atoms with Crippen LogP contribution in [0.1, 0.15) is 12.8 Å². The fourth-order valence-corrected chi connectivity index (χ4v) is 4.65. The van der Waals surface area contributed by atoms with E-state index in [0.717, 1.165) is 13.1 Å². The maximum absolute atomic E-state index is 6.19. The molecule has 5 rings (SSSR count). The Morgan fingerprint density at radius 3 is 2.95 bits per heavy atom. The second-order valence-electron chi connectivity index (χ2n) is 6.43. The molecule has 1 N–H and O–H groups in total. The monoisotopic (exact) mass is 324 g/mol. The van der Waals surface area contributed by atoms with Crippen LogP contribution in [-0.2, 0) is 4.74 Å². The van der Waals surface area contributed by atoms with Gasteiger partial charge in [0.05, 0.1) is 16.6 Å². The summed E-state index contributed by atoms with van der Waals surface area (Å²) in [7, 11) is 0. The Hall–Kier alpha value is -1.04. The second kappa shape index (κ2) is 3.83. The molecule has 1 aromatic heterocycles. The largest absolute Gasteiger partial charge is 0.455 e. The van der Waals surface area contributed by atoms with Gasteiger partial charge in [0.15, 0.2) is 5.82 Å². The van der Waals surface area contributed by atoms with E-state index in [1.54, 1.807) is 12.3 Å². The smallest absolute Gasteiger partial charge is 0.291 e. The predicted molar refractivity (Wildman–Crippen MR) is 81.0 cm³/mol. The molecular weight excluding hydrogens is 311 g/mol. The lowest BCUT2D eigenvalue weighted by Crippen LogP contribution is -2.49. The maximum Gasteiger partial charge on any atom is 0.291 e. The highest BCUT2D eigenvalue weighted by Crippen LogP contribution is 2.67. The summed E-state index contributed by atoms with van der Waals surface area (Å²) in [5, 5.41) is 4.06. The first-order chi connectivity index (χ1) is 10.1. The Labute approximate surface area is 132 Å². The molecule has 5 nitrogen and oxygen atoms in total. The average molecular weight is 325 g/mol. The highest BCUT2D eigenvalue weighted by Gasteiger charge is 2.77. The second-order valence-corrected chi connectivity index (χ2v) is 7.27. The Morgan fingerprint density at radius 1 is 1.43 bits per heavy atom. The number of ether oxygens (including phenoxy) is 1. The lowest BCUT2D eigenvalue weighted by molar-refractivity contribution is 0.0433. The number of hydrogen-bond donors (Lipinski definition) is 1. The van der Waals surface area contributed by atoms with Crippen LogP contribution >= 0.6 is 23.2 Å². The van der Waals surface area contributed by atoms with E-state index in [9.17, 15) is 0 Å². The topological polar surface area (TPSA) is 49.8 Å². The molecule has 3 fully saturated rings. The van der Waals surface area contributed by atoms with Crippen molar-refractivity contribution >= 4 is 35.0 Å². The first kappa shape index (κ1) is 12.5. The molecule has 110 valence electrons. The van der Waals surface area contributed by atoms with Crippen LogP contribution in [0.5, 0.6) is 0 Å². The van der Waals surface area contributed by atoms with Crippen LogP contribution in [0.4, 0.5) is 5.82 Å². The molecular formula is C14H14Cl2N4O. The number of hydrogen-bond acceptors (Lipinski definition) is 5. The number of amidine groups is 1. The minimum atomic E-state index is -0.127. The Kier molecular flexibility index (Phi) is 2.28. The third-order valence-electron chi connectivity index (χ3n) is 5.41. The van der Waals surface area contributed by atoms with Gasteiger partial charge in [-0.3, -0.25) is 10.2 Å². The van der Waals surface area contributed by atoms with E-state index >= 15 is 0 Å². The van der Waals surface area contributed by atoms with E-state index in [0.29, 0.717) is 33.3 Å². The number of rotatable bonds is 1. The number of nitrogens with zero attached hydrogens (tertiary/aromatic N) is 3. The van der Waals surface area contributed by atoms with Crippen molar-refractivity contribution in [3.8, 4) is 0 Å². The van der Waals surface area contributed by atoms with Crippen LogP contribution in [0.15, 0.2) is 17.3 Å². The van der Waals surface area contributed by atoms with Crippen LogP contribution in [0.25, 0.3) is 0 Å². The van der Waals surface area contributed by atoms with Crippen molar-refractivity contribution in [1.82, 2.24) is 9.88 Å². The molecule has 2 spiro atoms. The average Bonchev–Trinajstić information content (AvgIpc) is 3.08. The minimum absolute atomic E-state index is 0.127. The summed E-state index contributed by atoms with van der Waals surface area (Å²) in [4.78, 5) is 11.3. The molecule has 4 heterocycles. The van der Waals surface area contributed by atoms with Gasteiger partial charge in [-0.1, -0.05) is 23.2 Å². The van der Waals surface area contributed by atoms with Crippen molar-refractivity contribution in [2.24, 2.45) is 10.9 Å². The van der Waals surface area contributed by atoms with E-state index in [1.807, 2.05) is 0 Å². The van der Waals surface area contributed by atoms with Gasteiger partial charge in [-0.2, -0.15) is 0 Å². The highest BCUT2D eigenvalue weighted by atomic mass is 35.5. The van der Waals surface area contributed by atoms with Gasteiger partial charge < -0.3 is 4.74 Å².